The molecule has 2 bridgehead atoms. The third kappa shape index (κ3) is 5.48. The summed E-state index contributed by atoms with van der Waals surface area (Å²) in [5.74, 6) is -0.659. The topological polar surface area (TPSA) is 156 Å². The van der Waals surface area contributed by atoms with E-state index < -0.39 is 28.8 Å². The average molecular weight is 893 g/mol. The summed E-state index contributed by atoms with van der Waals surface area (Å²) in [6.07, 6.45) is 11.0. The number of nitrogens with one attached hydrogen (secondary N) is 1. The molecule has 2 saturated carbocycles. The molecule has 66 heavy (non-hydrogen) atoms. The molecule has 15 nitrogen and oxygen atoms in total. The molecule has 1 amide bonds. The first-order valence-corrected chi connectivity index (χ1v) is 22.8. The number of aryl methyl sites for hydroxylation is 3. The van der Waals surface area contributed by atoms with Crippen molar-refractivity contribution in [1.29, 1.82) is 0 Å². The number of fused-ring (bicyclic) bond motifs is 6. The summed E-state index contributed by atoms with van der Waals surface area (Å²) in [4.78, 5) is 47.8. The molecular weight excluding hydrogens is 847 g/mol. The fourth-order valence-corrected chi connectivity index (χ4v) is 12.0. The van der Waals surface area contributed by atoms with Gasteiger partial charge in [-0.2, -0.15) is 10.2 Å². The van der Waals surface area contributed by atoms with Crippen molar-refractivity contribution in [2.24, 2.45) is 13.0 Å². The summed E-state index contributed by atoms with van der Waals surface area (Å²) >= 11 is 0. The number of amides is 1. The smallest absolute Gasteiger partial charge is 0.375 e. The Balaban J connectivity index is 0.969. The van der Waals surface area contributed by atoms with Crippen LogP contribution in [-0.4, -0.2) is 72.5 Å². The van der Waals surface area contributed by atoms with Gasteiger partial charge in [0.05, 0.1) is 45.8 Å². The van der Waals surface area contributed by atoms with Crippen molar-refractivity contribution in [2.45, 2.75) is 101 Å². The van der Waals surface area contributed by atoms with E-state index >= 15 is 13.6 Å². The van der Waals surface area contributed by atoms with Gasteiger partial charge in [-0.15, -0.1) is 0 Å². The normalized spacial score (nSPS) is 23.9. The summed E-state index contributed by atoms with van der Waals surface area (Å²) in [7, 11) is 1.73. The van der Waals surface area contributed by atoms with Crippen LogP contribution in [0, 0.1) is 31.4 Å². The molecule has 1 N–H and O–H groups in total. The highest BCUT2D eigenvalue weighted by Crippen LogP contribution is 2.57. The van der Waals surface area contributed by atoms with E-state index in [-0.39, 0.29) is 40.4 Å². The number of aromatic nitrogens is 9. The van der Waals surface area contributed by atoms with Crippen LogP contribution in [0.5, 0.6) is 0 Å². The van der Waals surface area contributed by atoms with Crippen molar-refractivity contribution < 1.29 is 22.8 Å². The lowest BCUT2D eigenvalue weighted by molar-refractivity contribution is -0.0132. The molecule has 336 valence electrons. The molecule has 5 atom stereocenters. The summed E-state index contributed by atoms with van der Waals surface area (Å²) < 4.78 is 50.7. The number of hydrogen-bond donors (Lipinski definition) is 1. The van der Waals surface area contributed by atoms with Crippen molar-refractivity contribution in [3.63, 3.8) is 0 Å². The van der Waals surface area contributed by atoms with Gasteiger partial charge in [0.15, 0.2) is 11.6 Å². The Morgan fingerprint density at radius 1 is 0.924 bits per heavy atom. The number of halogens is 2. The van der Waals surface area contributed by atoms with Gasteiger partial charge >= 0.3 is 11.4 Å². The molecule has 17 heteroatoms. The van der Waals surface area contributed by atoms with E-state index in [1.54, 1.807) is 60.7 Å². The number of carbonyl (C=O) groups is 1. The van der Waals surface area contributed by atoms with Gasteiger partial charge in [0.25, 0.3) is 5.91 Å². The Morgan fingerprint density at radius 3 is 2.44 bits per heavy atom. The minimum absolute atomic E-state index is 0.0111. The maximum atomic E-state index is 16.2. The molecule has 0 unspecified atom stereocenters. The molecular formula is C49H46F2N10O5. The number of rotatable bonds is 7. The van der Waals surface area contributed by atoms with Gasteiger partial charge in [-0.05, 0) is 130 Å². The molecule has 0 radical (unpaired) electrons. The maximum Gasteiger partial charge on any atom is 0.438 e. The first kappa shape index (κ1) is 39.5. The lowest BCUT2D eigenvalue weighted by Gasteiger charge is -2.35. The lowest BCUT2D eigenvalue weighted by atomic mass is 9.87. The monoisotopic (exact) mass is 892 g/mol. The van der Waals surface area contributed by atoms with E-state index in [9.17, 15) is 9.59 Å². The van der Waals surface area contributed by atoms with Crippen LogP contribution in [0.15, 0.2) is 81.2 Å². The number of aromatic amines is 1. The Kier molecular flexibility index (Phi) is 8.13. The quantitative estimate of drug-likeness (QED) is 0.174. The predicted molar refractivity (Wildman–Crippen MR) is 238 cm³/mol. The van der Waals surface area contributed by atoms with Crippen LogP contribution in [-0.2, 0) is 23.7 Å². The van der Waals surface area contributed by atoms with E-state index in [4.69, 9.17) is 14.4 Å². The Bertz CT molecular complexity index is 3490. The van der Waals surface area contributed by atoms with E-state index in [0.717, 1.165) is 48.9 Å². The molecule has 5 aliphatic rings. The zero-order chi connectivity index (χ0) is 45.1. The number of carbonyl (C=O) groups excluding carboxylic acids is 1. The van der Waals surface area contributed by atoms with Crippen LogP contribution in [0.1, 0.15) is 108 Å². The zero-order valence-electron chi connectivity index (χ0n) is 36.8. The van der Waals surface area contributed by atoms with Gasteiger partial charge in [0.1, 0.15) is 22.9 Å². The van der Waals surface area contributed by atoms with E-state index in [0.29, 0.717) is 76.8 Å². The third-order valence-electron chi connectivity index (χ3n) is 15.6. The SMILES string of the molecule is Cc1cc(-n2nc3c(c2-n2ccn(-c4ccc5c(cnn5C)c4F)c2=O)[C@@H]2CC[C@H](C3)N2C(=O)c2cc3cc([C@H]4CCOC5(CC5)C4)ccc3n2[C@@]2(c3noc(=O)[nH]3)C[C@@H]2C)cc(C)c1F. The summed E-state index contributed by atoms with van der Waals surface area (Å²) in [6, 6.07) is 14.4. The average Bonchev–Trinajstić information content (AvgIpc) is 3.70. The first-order valence-electron chi connectivity index (χ1n) is 22.8. The summed E-state index contributed by atoms with van der Waals surface area (Å²) in [6.45, 7) is 6.18. The number of H-pyrrole nitrogens is 1. The molecule has 5 aromatic heterocycles. The van der Waals surface area contributed by atoms with Gasteiger partial charge in [0.2, 0.25) is 0 Å². The van der Waals surface area contributed by atoms with Crippen LogP contribution in [0.4, 0.5) is 8.78 Å². The van der Waals surface area contributed by atoms with Gasteiger partial charge in [-0.25, -0.2) is 23.1 Å². The molecule has 13 rings (SSSR count). The van der Waals surface area contributed by atoms with Crippen molar-refractivity contribution in [3.8, 4) is 17.2 Å². The molecule has 8 heterocycles. The number of ether oxygens (including phenoxy) is 1. The molecule has 2 aliphatic carbocycles. The summed E-state index contributed by atoms with van der Waals surface area (Å²) in [5.41, 5.74) is 4.58. The van der Waals surface area contributed by atoms with Crippen molar-refractivity contribution in [2.75, 3.05) is 6.61 Å². The molecule has 1 spiro atoms. The fourth-order valence-electron chi connectivity index (χ4n) is 12.0. The largest absolute Gasteiger partial charge is 0.438 e. The van der Waals surface area contributed by atoms with Gasteiger partial charge in [0, 0.05) is 55.0 Å². The highest BCUT2D eigenvalue weighted by atomic mass is 19.1. The van der Waals surface area contributed by atoms with Crippen molar-refractivity contribution in [3.05, 3.63) is 139 Å². The van der Waals surface area contributed by atoms with Gasteiger partial charge in [-0.1, -0.05) is 18.1 Å². The van der Waals surface area contributed by atoms with Gasteiger partial charge < -0.3 is 14.2 Å². The Morgan fingerprint density at radius 2 is 1.70 bits per heavy atom. The van der Waals surface area contributed by atoms with E-state index in [2.05, 4.69) is 44.9 Å². The van der Waals surface area contributed by atoms with Crippen LogP contribution in [0.2, 0.25) is 0 Å². The van der Waals surface area contributed by atoms with Crippen LogP contribution in [0.3, 0.4) is 0 Å². The van der Waals surface area contributed by atoms with Crippen LogP contribution < -0.4 is 11.4 Å². The highest BCUT2D eigenvalue weighted by molar-refractivity contribution is 6.00. The van der Waals surface area contributed by atoms with Gasteiger partial charge in [-0.3, -0.25) is 28.1 Å². The molecule has 4 fully saturated rings. The standard InChI is InChI=1S/C49H46F2N10O5/c1-25-17-32(18-26(2)41(25)50)61-43(58-15-14-57(47(58)64)38-10-9-36-33(42(38)51)24-52-56(36)4)40-34(54-61)21-31-6-8-37(40)59(31)44(62)39-20-30-19-28(29-11-16-65-48(23-29)12-13-48)5-7-35(30)60(39)49(22-27(49)3)45-53-46(63)66-55-45/h5,7,9-10,14-15,17-20,24,27,29,31,37H,6,8,11-13,16,21-23H2,1-4H3,(H,53,55,63)/t27-,29-,31+,37-,49-/m0/s1. The minimum atomic E-state index is -0.837. The number of nitrogens with zero attached hydrogens (tertiary/aromatic N) is 9. The number of hydrogen-bond acceptors (Lipinski definition) is 8. The third-order valence-corrected chi connectivity index (χ3v) is 15.6. The maximum absolute atomic E-state index is 16.2. The Labute approximate surface area is 375 Å². The Hall–Kier alpha value is -6.88. The van der Waals surface area contributed by atoms with E-state index in [1.807, 2.05) is 11.0 Å². The van der Waals surface area contributed by atoms with Crippen molar-refractivity contribution in [1.82, 2.24) is 48.3 Å². The van der Waals surface area contributed by atoms with Crippen LogP contribution in [0.25, 0.3) is 39.0 Å². The van der Waals surface area contributed by atoms with Crippen molar-refractivity contribution >= 4 is 27.7 Å². The number of imidazole rings is 1. The lowest BCUT2D eigenvalue weighted by Crippen LogP contribution is -2.43. The first-order chi connectivity index (χ1) is 31.8. The molecule has 3 aromatic carbocycles. The molecule has 2 saturated heterocycles. The highest BCUT2D eigenvalue weighted by Gasteiger charge is 2.60. The minimum Gasteiger partial charge on any atom is -0.375 e. The molecule has 8 aromatic rings. The summed E-state index contributed by atoms with van der Waals surface area (Å²) in [5, 5.41) is 14.8. The molecule has 3 aliphatic heterocycles. The second kappa shape index (κ2) is 13.6. The second-order valence-corrected chi connectivity index (χ2v) is 19.5. The van der Waals surface area contributed by atoms with E-state index in [1.165, 1.54) is 27.1 Å². The second-order valence-electron chi connectivity index (χ2n) is 19.5. The van der Waals surface area contributed by atoms with Crippen LogP contribution >= 0.6 is 0 Å². The zero-order valence-corrected chi connectivity index (χ0v) is 36.8. The predicted octanol–water partition coefficient (Wildman–Crippen LogP) is 7.34. The number of benzene rings is 3. The fraction of sp³-hybridized carbons (Fsp3) is 0.388.